The minimum atomic E-state index is -1.09. The molecule has 3 aromatic rings. The van der Waals surface area contributed by atoms with Crippen molar-refractivity contribution in [2.75, 3.05) is 19.1 Å². The first-order valence-corrected chi connectivity index (χ1v) is 12.2. The number of nitrogens with zero attached hydrogens (tertiary/aromatic N) is 2. The predicted molar refractivity (Wildman–Crippen MR) is 137 cm³/mol. The van der Waals surface area contributed by atoms with E-state index in [1.807, 2.05) is 0 Å². The fourth-order valence-corrected chi connectivity index (χ4v) is 5.36. The third-order valence-electron chi connectivity index (χ3n) is 6.39. The van der Waals surface area contributed by atoms with Crippen LogP contribution in [-0.4, -0.2) is 43.0 Å². The van der Waals surface area contributed by atoms with E-state index in [0.29, 0.717) is 27.1 Å². The molecule has 0 bridgehead atoms. The lowest BCUT2D eigenvalue weighted by molar-refractivity contribution is -0.123. The second-order valence-electron chi connectivity index (χ2n) is 8.33. The second-order valence-corrected chi connectivity index (χ2v) is 9.66. The molecule has 5 rings (SSSR count). The first kappa shape index (κ1) is 24.3. The van der Waals surface area contributed by atoms with E-state index >= 15 is 0 Å². The molecule has 1 N–H and O–H groups in total. The Balaban J connectivity index is 1.63. The molecule has 184 valence electrons. The van der Waals surface area contributed by atoms with Crippen LogP contribution in [0.5, 0.6) is 11.5 Å². The molecule has 3 atom stereocenters. The lowest BCUT2D eigenvalue weighted by atomic mass is 9.90. The highest BCUT2D eigenvalue weighted by Crippen LogP contribution is 2.46. The van der Waals surface area contributed by atoms with Crippen LogP contribution in [0, 0.1) is 5.92 Å². The predicted octanol–water partition coefficient (Wildman–Crippen LogP) is 4.38. The number of hydrazine groups is 1. The number of carbonyl (C=O) groups excluding carboxylic acids is 3. The number of para-hydroxylation sites is 1. The number of rotatable bonds is 5. The summed E-state index contributed by atoms with van der Waals surface area (Å²) in [5, 5.41) is 1.51. The van der Waals surface area contributed by atoms with Crippen molar-refractivity contribution in [3.05, 3.63) is 87.4 Å². The monoisotopic (exact) mass is 569 g/mol. The second kappa shape index (κ2) is 9.57. The van der Waals surface area contributed by atoms with Crippen LogP contribution in [-0.2, 0) is 9.59 Å². The molecule has 0 saturated carbocycles. The van der Waals surface area contributed by atoms with E-state index < -0.39 is 35.7 Å². The van der Waals surface area contributed by atoms with Gasteiger partial charge < -0.3 is 9.47 Å². The Morgan fingerprint density at radius 2 is 1.75 bits per heavy atom. The topological polar surface area (TPSA) is 88.2 Å². The molecule has 0 aromatic heterocycles. The Labute approximate surface area is 220 Å². The third kappa shape index (κ3) is 3.93. The van der Waals surface area contributed by atoms with Crippen LogP contribution in [0.25, 0.3) is 0 Å². The van der Waals surface area contributed by atoms with Gasteiger partial charge in [0.15, 0.2) is 0 Å². The van der Waals surface area contributed by atoms with Gasteiger partial charge in [-0.3, -0.25) is 19.4 Å². The van der Waals surface area contributed by atoms with Crippen molar-refractivity contribution >= 4 is 50.9 Å². The Kier molecular flexibility index (Phi) is 6.46. The quantitative estimate of drug-likeness (QED) is 0.458. The summed E-state index contributed by atoms with van der Waals surface area (Å²) in [6.07, 6.45) is 0. The number of carbonyl (C=O) groups is 3. The number of ether oxygens (including phenoxy) is 2. The average molecular weight is 571 g/mol. The van der Waals surface area contributed by atoms with Crippen LogP contribution in [0.15, 0.2) is 71.2 Å². The van der Waals surface area contributed by atoms with Gasteiger partial charge in [-0.15, -0.1) is 0 Å². The van der Waals surface area contributed by atoms with Crippen molar-refractivity contribution in [3.8, 4) is 11.5 Å². The highest BCUT2D eigenvalue weighted by molar-refractivity contribution is 9.10. The standard InChI is InChI=1S/C26H21BrClN3O5/c1-35-16-10-11-17(20(13-16)36-2)22-21-23(31(29-22)24(32)14-6-5-7-15(27)12-14)26(34)30(25(21)33)19-9-4-3-8-18(19)28/h3-13,21-23,29H,1-2H3/t21-,22+,23-/m1/s1. The number of anilines is 1. The van der Waals surface area contributed by atoms with Gasteiger partial charge in [0.2, 0.25) is 5.91 Å². The van der Waals surface area contributed by atoms with E-state index in [1.54, 1.807) is 66.7 Å². The number of imide groups is 1. The van der Waals surface area contributed by atoms with Gasteiger partial charge in [0.05, 0.1) is 36.9 Å². The van der Waals surface area contributed by atoms with Crippen molar-refractivity contribution in [1.29, 1.82) is 0 Å². The summed E-state index contributed by atoms with van der Waals surface area (Å²) >= 11 is 9.74. The maximum Gasteiger partial charge on any atom is 0.268 e. The Hall–Kier alpha value is -3.40. The molecular weight excluding hydrogens is 550 g/mol. The summed E-state index contributed by atoms with van der Waals surface area (Å²) in [5.74, 6) is -1.32. The van der Waals surface area contributed by atoms with E-state index in [-0.39, 0.29) is 10.7 Å². The smallest absolute Gasteiger partial charge is 0.268 e. The molecule has 10 heteroatoms. The Morgan fingerprint density at radius 1 is 0.972 bits per heavy atom. The maximum absolute atomic E-state index is 13.8. The molecule has 2 aliphatic heterocycles. The summed E-state index contributed by atoms with van der Waals surface area (Å²) in [5.41, 5.74) is 4.38. The van der Waals surface area contributed by atoms with E-state index in [1.165, 1.54) is 19.2 Å². The normalized spacial score (nSPS) is 21.1. The summed E-state index contributed by atoms with van der Waals surface area (Å²) in [6, 6.07) is 16.8. The summed E-state index contributed by atoms with van der Waals surface area (Å²) in [4.78, 5) is 42.2. The number of halogens is 2. The molecular formula is C26H21BrClN3O5. The van der Waals surface area contributed by atoms with Crippen LogP contribution in [0.3, 0.4) is 0 Å². The maximum atomic E-state index is 13.8. The molecule has 0 radical (unpaired) electrons. The van der Waals surface area contributed by atoms with Gasteiger partial charge in [-0.1, -0.05) is 45.7 Å². The molecule has 36 heavy (non-hydrogen) atoms. The Morgan fingerprint density at radius 3 is 2.44 bits per heavy atom. The third-order valence-corrected chi connectivity index (χ3v) is 7.21. The summed E-state index contributed by atoms with van der Waals surface area (Å²) < 4.78 is 11.6. The number of fused-ring (bicyclic) bond motifs is 1. The first-order chi connectivity index (χ1) is 17.3. The molecule has 2 saturated heterocycles. The highest BCUT2D eigenvalue weighted by Gasteiger charge is 2.61. The number of benzene rings is 3. The molecule has 3 aromatic carbocycles. The minimum absolute atomic E-state index is 0.260. The van der Waals surface area contributed by atoms with Gasteiger partial charge in [0.25, 0.3) is 11.8 Å². The molecule has 2 heterocycles. The number of nitrogens with one attached hydrogen (secondary N) is 1. The van der Waals surface area contributed by atoms with E-state index in [0.717, 1.165) is 4.90 Å². The summed E-state index contributed by atoms with van der Waals surface area (Å²) in [7, 11) is 3.05. The van der Waals surface area contributed by atoms with Crippen molar-refractivity contribution in [1.82, 2.24) is 10.4 Å². The zero-order valence-corrected chi connectivity index (χ0v) is 21.6. The number of methoxy groups -OCH3 is 2. The molecule has 0 spiro atoms. The SMILES string of the molecule is COc1ccc([C@@H]2NN(C(=O)c3cccc(Br)c3)[C@H]3C(=O)N(c4ccccc4Cl)C(=O)[C@H]23)c(OC)c1. The fraction of sp³-hybridized carbons (Fsp3) is 0.192. The van der Waals surface area contributed by atoms with Crippen molar-refractivity contribution in [2.45, 2.75) is 12.1 Å². The molecule has 0 unspecified atom stereocenters. The summed E-state index contributed by atoms with van der Waals surface area (Å²) in [6.45, 7) is 0. The molecule has 2 fully saturated rings. The number of hydrogen-bond acceptors (Lipinski definition) is 6. The zero-order valence-electron chi connectivity index (χ0n) is 19.3. The van der Waals surface area contributed by atoms with Gasteiger partial charge in [-0.05, 0) is 42.5 Å². The fourth-order valence-electron chi connectivity index (χ4n) is 4.74. The molecule has 2 aliphatic rings. The van der Waals surface area contributed by atoms with Gasteiger partial charge in [0, 0.05) is 21.7 Å². The van der Waals surface area contributed by atoms with E-state index in [4.69, 9.17) is 21.1 Å². The molecule has 0 aliphatic carbocycles. The lowest BCUT2D eigenvalue weighted by Crippen LogP contribution is -2.48. The molecule has 8 nitrogen and oxygen atoms in total. The number of amides is 3. The van der Waals surface area contributed by atoms with Crippen LogP contribution in [0.1, 0.15) is 22.0 Å². The van der Waals surface area contributed by atoms with Gasteiger partial charge in [0.1, 0.15) is 17.5 Å². The zero-order chi connectivity index (χ0) is 25.6. The average Bonchev–Trinajstić information content (AvgIpc) is 3.40. The van der Waals surface area contributed by atoms with Crippen molar-refractivity contribution in [3.63, 3.8) is 0 Å². The first-order valence-electron chi connectivity index (χ1n) is 11.0. The van der Waals surface area contributed by atoms with E-state index in [2.05, 4.69) is 21.4 Å². The largest absolute Gasteiger partial charge is 0.497 e. The van der Waals surface area contributed by atoms with Crippen LogP contribution < -0.4 is 19.8 Å². The Bertz CT molecular complexity index is 1380. The van der Waals surface area contributed by atoms with Crippen LogP contribution in [0.2, 0.25) is 5.02 Å². The van der Waals surface area contributed by atoms with Gasteiger partial charge >= 0.3 is 0 Å². The highest BCUT2D eigenvalue weighted by atomic mass is 79.9. The van der Waals surface area contributed by atoms with Crippen LogP contribution >= 0.6 is 27.5 Å². The van der Waals surface area contributed by atoms with Crippen molar-refractivity contribution in [2.24, 2.45) is 5.92 Å². The van der Waals surface area contributed by atoms with Gasteiger partial charge in [-0.2, -0.15) is 0 Å². The van der Waals surface area contributed by atoms with Crippen LogP contribution in [0.4, 0.5) is 5.69 Å². The van der Waals surface area contributed by atoms with E-state index in [9.17, 15) is 14.4 Å². The van der Waals surface area contributed by atoms with Crippen molar-refractivity contribution < 1.29 is 23.9 Å². The van der Waals surface area contributed by atoms with Gasteiger partial charge in [-0.25, -0.2) is 10.3 Å². The lowest BCUT2D eigenvalue weighted by Gasteiger charge is -2.26. The minimum Gasteiger partial charge on any atom is -0.497 e. The number of hydrogen-bond donors (Lipinski definition) is 1. The molecule has 3 amide bonds.